The van der Waals surface area contributed by atoms with Crippen molar-refractivity contribution in [3.05, 3.63) is 92.4 Å². The molecule has 2 amide bonds. The van der Waals surface area contributed by atoms with E-state index in [2.05, 4.69) is 21.2 Å². The molecule has 0 saturated heterocycles. The molecule has 220 valence electrons. The van der Waals surface area contributed by atoms with Crippen molar-refractivity contribution in [3.63, 3.8) is 0 Å². The van der Waals surface area contributed by atoms with Crippen LogP contribution in [0.25, 0.3) is 0 Å². The Hall–Kier alpha value is -2.60. The lowest BCUT2D eigenvalue weighted by Gasteiger charge is -2.31. The molecule has 0 spiro atoms. The van der Waals surface area contributed by atoms with Crippen LogP contribution < -0.4 is 8.43 Å². The summed E-state index contributed by atoms with van der Waals surface area (Å²) < 4.78 is 135. The average molecular weight is 792 g/mol. The quantitative estimate of drug-likeness (QED) is 0.159. The lowest BCUT2D eigenvalue weighted by atomic mass is 9.92. The Morgan fingerprint density at radius 2 is 1.44 bits per heavy atom. The number of hydrogen-bond donors (Lipinski definition) is 1. The molecule has 0 aliphatic carbocycles. The lowest BCUT2D eigenvalue weighted by molar-refractivity contribution is -0.348. The fourth-order valence-electron chi connectivity index (χ4n) is 3.46. The number of halogens is 13. The standard InChI is InChI=1S/C24H11BrClF10IN2O2/c25-17-10-13(26)5-6-15(17)19(40)38-14-3-1-2-11(8-14)20(41)39(37)18-7-4-12(9-16(18)22(28,29)30)21(27,23(31,32)33)24(34,35)36/h1-10H,(H,38,40). The zero-order valence-corrected chi connectivity index (χ0v) is 24.0. The Morgan fingerprint density at radius 1 is 0.829 bits per heavy atom. The SMILES string of the molecule is O=C(Nc1cccc(C(=O)N(I)c2ccc(C(F)(C(F)(F)F)C(F)(F)F)cc2C(F)(F)F)c1)c1ccc(Cl)cc1Br. The van der Waals surface area contributed by atoms with Gasteiger partial charge in [-0.05, 0) is 64.5 Å². The largest absolute Gasteiger partial charge is 0.435 e. The smallest absolute Gasteiger partial charge is 0.322 e. The van der Waals surface area contributed by atoms with E-state index in [9.17, 15) is 53.5 Å². The van der Waals surface area contributed by atoms with Gasteiger partial charge >= 0.3 is 24.2 Å². The van der Waals surface area contributed by atoms with E-state index in [1.807, 2.05) is 0 Å². The Morgan fingerprint density at radius 3 is 1.98 bits per heavy atom. The van der Waals surface area contributed by atoms with E-state index >= 15 is 0 Å². The zero-order chi connectivity index (χ0) is 31.1. The van der Waals surface area contributed by atoms with Crippen LogP contribution in [0.15, 0.2) is 65.1 Å². The highest BCUT2D eigenvalue weighted by molar-refractivity contribution is 14.1. The molecule has 0 aliphatic rings. The van der Waals surface area contributed by atoms with Gasteiger partial charge in [0.2, 0.25) is 0 Å². The van der Waals surface area contributed by atoms with E-state index in [1.165, 1.54) is 30.3 Å². The summed E-state index contributed by atoms with van der Waals surface area (Å²) in [7, 11) is 0. The average Bonchev–Trinajstić information content (AvgIpc) is 2.85. The molecule has 3 aromatic rings. The number of benzene rings is 3. The molecule has 0 bridgehead atoms. The van der Waals surface area contributed by atoms with Crippen molar-refractivity contribution in [2.24, 2.45) is 0 Å². The third-order valence-electron chi connectivity index (χ3n) is 5.41. The summed E-state index contributed by atoms with van der Waals surface area (Å²) >= 11 is 10.1. The normalized spacial score (nSPS) is 12.7. The van der Waals surface area contributed by atoms with Crippen LogP contribution >= 0.6 is 50.4 Å². The van der Waals surface area contributed by atoms with Gasteiger partial charge in [0.15, 0.2) is 0 Å². The predicted molar refractivity (Wildman–Crippen MR) is 141 cm³/mol. The van der Waals surface area contributed by atoms with E-state index < -0.39 is 58.9 Å². The second kappa shape index (κ2) is 11.6. The third kappa shape index (κ3) is 6.74. The van der Waals surface area contributed by atoms with E-state index in [0.29, 0.717) is 9.50 Å². The van der Waals surface area contributed by atoms with Crippen LogP contribution in [0, 0.1) is 0 Å². The van der Waals surface area contributed by atoms with Crippen molar-refractivity contribution in [2.75, 3.05) is 8.43 Å². The van der Waals surface area contributed by atoms with Crippen molar-refractivity contribution < 1.29 is 53.5 Å². The van der Waals surface area contributed by atoms with Crippen molar-refractivity contribution in [1.29, 1.82) is 0 Å². The van der Waals surface area contributed by atoms with E-state index in [-0.39, 0.29) is 32.1 Å². The van der Waals surface area contributed by atoms with Gasteiger partial charge in [-0.25, -0.2) is 7.50 Å². The summed E-state index contributed by atoms with van der Waals surface area (Å²) in [6.45, 7) is 0. The molecule has 0 atom stereocenters. The minimum atomic E-state index is -6.65. The molecule has 3 rings (SSSR count). The number of alkyl halides is 10. The number of nitrogens with one attached hydrogen (secondary N) is 1. The number of rotatable bonds is 5. The summed E-state index contributed by atoms with van der Waals surface area (Å²) in [6.07, 6.45) is -18.9. The van der Waals surface area contributed by atoms with Gasteiger partial charge in [0.1, 0.15) is 0 Å². The van der Waals surface area contributed by atoms with Gasteiger partial charge in [-0.2, -0.15) is 39.5 Å². The van der Waals surface area contributed by atoms with E-state index in [0.717, 1.165) is 35.0 Å². The molecule has 0 unspecified atom stereocenters. The fourth-order valence-corrected chi connectivity index (χ4v) is 5.02. The molecule has 0 saturated carbocycles. The highest BCUT2D eigenvalue weighted by Crippen LogP contribution is 2.54. The molecule has 0 fully saturated rings. The Kier molecular flexibility index (Phi) is 9.30. The second-order valence-corrected chi connectivity index (χ2v) is 10.4. The monoisotopic (exact) mass is 790 g/mol. The molecule has 0 heterocycles. The minimum absolute atomic E-state index is 0.0106. The van der Waals surface area contributed by atoms with Crippen molar-refractivity contribution in [3.8, 4) is 0 Å². The lowest BCUT2D eigenvalue weighted by Crippen LogP contribution is -2.50. The van der Waals surface area contributed by atoms with E-state index in [4.69, 9.17) is 11.6 Å². The van der Waals surface area contributed by atoms with Gasteiger partial charge in [-0.3, -0.25) is 9.59 Å². The Labute approximate surface area is 251 Å². The first kappa shape index (κ1) is 32.9. The number of carbonyl (C=O) groups excluding carboxylic acids is 2. The summed E-state index contributed by atoms with van der Waals surface area (Å²) in [5, 5.41) is 2.78. The molecular weight excluding hydrogens is 781 g/mol. The summed E-state index contributed by atoms with van der Waals surface area (Å²) in [6, 6.07) is 8.37. The van der Waals surface area contributed by atoms with Gasteiger partial charge < -0.3 is 5.32 Å². The molecule has 3 aromatic carbocycles. The van der Waals surface area contributed by atoms with Crippen LogP contribution in [0.3, 0.4) is 0 Å². The second-order valence-electron chi connectivity index (χ2n) is 8.13. The number of amides is 2. The predicted octanol–water partition coefficient (Wildman–Crippen LogP) is 9.66. The van der Waals surface area contributed by atoms with Crippen molar-refractivity contribution >= 4 is 73.6 Å². The first-order valence-electron chi connectivity index (χ1n) is 10.6. The molecule has 41 heavy (non-hydrogen) atoms. The molecule has 0 radical (unpaired) electrons. The molecule has 0 aliphatic heterocycles. The maximum absolute atomic E-state index is 14.4. The van der Waals surface area contributed by atoms with Crippen LogP contribution in [-0.2, 0) is 11.8 Å². The first-order valence-corrected chi connectivity index (χ1v) is 12.7. The highest BCUT2D eigenvalue weighted by atomic mass is 127. The van der Waals surface area contributed by atoms with Crippen LogP contribution in [0.5, 0.6) is 0 Å². The molecule has 1 N–H and O–H groups in total. The number of nitrogens with zero attached hydrogens (tertiary/aromatic N) is 1. The van der Waals surface area contributed by atoms with Gasteiger partial charge in [-0.15, -0.1) is 0 Å². The van der Waals surface area contributed by atoms with E-state index in [1.54, 1.807) is 0 Å². The number of carbonyl (C=O) groups is 2. The van der Waals surface area contributed by atoms with Crippen LogP contribution in [0.1, 0.15) is 31.8 Å². The first-order chi connectivity index (χ1) is 18.7. The van der Waals surface area contributed by atoms with Gasteiger partial charge in [0.25, 0.3) is 11.8 Å². The number of hydrogen-bond acceptors (Lipinski definition) is 2. The summed E-state index contributed by atoms with van der Waals surface area (Å²) in [4.78, 5) is 25.6. The molecule has 4 nitrogen and oxygen atoms in total. The highest BCUT2D eigenvalue weighted by Gasteiger charge is 2.73. The van der Waals surface area contributed by atoms with Gasteiger partial charge in [0.05, 0.1) is 39.7 Å². The third-order valence-corrected chi connectivity index (χ3v) is 7.26. The Balaban J connectivity index is 2.00. The summed E-state index contributed by atoms with van der Waals surface area (Å²) in [5.41, 5.74) is -12.0. The number of anilines is 2. The molecule has 17 heteroatoms. The van der Waals surface area contributed by atoms with Crippen LogP contribution in [0.4, 0.5) is 55.3 Å². The van der Waals surface area contributed by atoms with Gasteiger partial charge in [-0.1, -0.05) is 23.7 Å². The molecule has 0 aromatic heterocycles. The van der Waals surface area contributed by atoms with Crippen molar-refractivity contribution in [1.82, 2.24) is 0 Å². The summed E-state index contributed by atoms with van der Waals surface area (Å²) in [5.74, 6) is -1.87. The maximum atomic E-state index is 14.4. The maximum Gasteiger partial charge on any atom is 0.435 e. The topological polar surface area (TPSA) is 49.4 Å². The van der Waals surface area contributed by atoms with Crippen LogP contribution in [0.2, 0.25) is 5.02 Å². The Bertz CT molecular complexity index is 1480. The molecular formula is C24H11BrClF10IN2O2. The van der Waals surface area contributed by atoms with Crippen LogP contribution in [-0.4, -0.2) is 24.2 Å². The zero-order valence-electron chi connectivity index (χ0n) is 19.5. The fraction of sp³-hybridized carbons (Fsp3) is 0.167. The minimum Gasteiger partial charge on any atom is -0.322 e. The van der Waals surface area contributed by atoms with Crippen molar-refractivity contribution in [2.45, 2.75) is 24.2 Å². The van der Waals surface area contributed by atoms with Gasteiger partial charge in [0, 0.05) is 26.3 Å².